The van der Waals surface area contributed by atoms with Gasteiger partial charge in [0.05, 0.1) is 5.56 Å². The lowest BCUT2D eigenvalue weighted by atomic mass is 9.88. The lowest BCUT2D eigenvalue weighted by Crippen LogP contribution is -2.34. The average Bonchev–Trinajstić information content (AvgIpc) is 2.61. The molecule has 1 N–H and O–H groups in total. The number of aromatic hydroxyl groups is 1. The van der Waals surface area contributed by atoms with Crippen molar-refractivity contribution in [3.05, 3.63) is 65.2 Å². The first kappa shape index (κ1) is 17.8. The van der Waals surface area contributed by atoms with Crippen molar-refractivity contribution in [2.45, 2.75) is 31.4 Å². The number of halogens is 3. The molecule has 134 valence electrons. The van der Waals surface area contributed by atoms with Gasteiger partial charge in [0.25, 0.3) is 0 Å². The van der Waals surface area contributed by atoms with Crippen molar-refractivity contribution in [2.75, 3.05) is 19.6 Å². The molecule has 0 radical (unpaired) electrons. The van der Waals surface area contributed by atoms with Gasteiger partial charge < -0.3 is 10.0 Å². The van der Waals surface area contributed by atoms with Crippen molar-refractivity contribution in [1.82, 2.24) is 4.90 Å². The van der Waals surface area contributed by atoms with E-state index in [1.807, 2.05) is 12.1 Å². The van der Waals surface area contributed by atoms with Gasteiger partial charge in [-0.15, -0.1) is 0 Å². The number of nitrogens with zero attached hydrogens (tertiary/aromatic N) is 1. The molecule has 25 heavy (non-hydrogen) atoms. The summed E-state index contributed by atoms with van der Waals surface area (Å²) in [6.45, 7) is 2.59. The number of phenolic OH excluding ortho intramolecular Hbond substituents is 1. The molecule has 2 aromatic carbocycles. The van der Waals surface area contributed by atoms with Crippen LogP contribution in [0.2, 0.25) is 0 Å². The lowest BCUT2D eigenvalue weighted by Gasteiger charge is -2.32. The van der Waals surface area contributed by atoms with Crippen LogP contribution in [0, 0.1) is 0 Å². The van der Waals surface area contributed by atoms with Crippen molar-refractivity contribution in [2.24, 2.45) is 0 Å². The number of hydrogen-bond acceptors (Lipinski definition) is 2. The molecule has 1 heterocycles. The Kier molecular flexibility index (Phi) is 5.33. The number of phenols is 1. The zero-order valence-electron chi connectivity index (χ0n) is 14.0. The summed E-state index contributed by atoms with van der Waals surface area (Å²) in [7, 11) is 0. The van der Waals surface area contributed by atoms with Gasteiger partial charge in [0.2, 0.25) is 0 Å². The minimum Gasteiger partial charge on any atom is -0.508 e. The quantitative estimate of drug-likeness (QED) is 0.854. The van der Waals surface area contributed by atoms with Crippen molar-refractivity contribution in [3.63, 3.8) is 0 Å². The minimum absolute atomic E-state index is 0.184. The van der Waals surface area contributed by atoms with Gasteiger partial charge in [0.1, 0.15) is 5.75 Å². The molecule has 0 aromatic heterocycles. The van der Waals surface area contributed by atoms with Crippen molar-refractivity contribution in [3.8, 4) is 5.75 Å². The van der Waals surface area contributed by atoms with Gasteiger partial charge in [-0.3, -0.25) is 0 Å². The summed E-state index contributed by atoms with van der Waals surface area (Å²) in [4.78, 5) is 2.32. The Bertz CT molecular complexity index is 706. The molecule has 1 aliphatic heterocycles. The third kappa shape index (κ3) is 4.54. The molecule has 0 bridgehead atoms. The highest BCUT2D eigenvalue weighted by Crippen LogP contribution is 2.34. The Hall–Kier alpha value is -2.01. The Morgan fingerprint density at radius 1 is 1.00 bits per heavy atom. The summed E-state index contributed by atoms with van der Waals surface area (Å²) < 4.78 is 38.6. The Morgan fingerprint density at radius 3 is 2.40 bits per heavy atom. The van der Waals surface area contributed by atoms with Crippen LogP contribution in [0.15, 0.2) is 48.5 Å². The van der Waals surface area contributed by atoms with E-state index in [1.54, 1.807) is 18.2 Å². The van der Waals surface area contributed by atoms with Gasteiger partial charge in [-0.1, -0.05) is 36.4 Å². The summed E-state index contributed by atoms with van der Waals surface area (Å²) in [6.07, 6.45) is -1.78. The van der Waals surface area contributed by atoms with Gasteiger partial charge >= 0.3 is 6.18 Å². The summed E-state index contributed by atoms with van der Waals surface area (Å²) in [6, 6.07) is 13.1. The maximum Gasteiger partial charge on any atom is 0.416 e. The molecule has 1 saturated heterocycles. The van der Waals surface area contributed by atoms with Crippen LogP contribution in [0.4, 0.5) is 13.2 Å². The van der Waals surface area contributed by atoms with Crippen molar-refractivity contribution < 1.29 is 18.3 Å². The van der Waals surface area contributed by atoms with E-state index >= 15 is 0 Å². The zero-order chi connectivity index (χ0) is 17.9. The maximum atomic E-state index is 12.9. The second kappa shape index (κ2) is 7.48. The fourth-order valence-corrected chi connectivity index (χ4v) is 3.46. The first-order valence-electron chi connectivity index (χ1n) is 8.60. The molecule has 0 spiro atoms. The number of para-hydroxylation sites is 1. The highest BCUT2D eigenvalue weighted by molar-refractivity contribution is 5.32. The highest BCUT2D eigenvalue weighted by Gasteiger charge is 2.31. The summed E-state index contributed by atoms with van der Waals surface area (Å²) in [5, 5.41) is 9.81. The largest absolute Gasteiger partial charge is 0.508 e. The van der Waals surface area contributed by atoms with E-state index in [9.17, 15) is 18.3 Å². The standard InChI is InChI=1S/C20H22F3NO/c21-20(22,23)18-6-3-5-17(14-18)15-8-11-24(12-9-15)13-10-16-4-1-2-7-19(16)25/h1-7,14-15,25H,8-13H2. The molecule has 1 aliphatic rings. The molecule has 5 heteroatoms. The normalized spacial score (nSPS) is 16.9. The lowest BCUT2D eigenvalue weighted by molar-refractivity contribution is -0.137. The Balaban J connectivity index is 1.55. The number of benzene rings is 2. The SMILES string of the molecule is Oc1ccccc1CCN1CCC(c2cccc(C(F)(F)F)c2)CC1. The van der Waals surface area contributed by atoms with E-state index in [1.165, 1.54) is 12.1 Å². The second-order valence-electron chi connectivity index (χ2n) is 6.62. The van der Waals surface area contributed by atoms with Crippen LogP contribution in [-0.2, 0) is 12.6 Å². The minimum atomic E-state index is -4.28. The van der Waals surface area contributed by atoms with Crippen molar-refractivity contribution in [1.29, 1.82) is 0 Å². The topological polar surface area (TPSA) is 23.5 Å². The molecular weight excluding hydrogens is 327 g/mol. The molecule has 2 aromatic rings. The molecule has 3 rings (SSSR count). The molecule has 0 amide bonds. The van der Waals surface area contributed by atoms with Crippen LogP contribution in [0.1, 0.15) is 35.4 Å². The Morgan fingerprint density at radius 2 is 1.72 bits per heavy atom. The summed E-state index contributed by atoms with van der Waals surface area (Å²) in [5.74, 6) is 0.505. The van der Waals surface area contributed by atoms with Gasteiger partial charge in [0, 0.05) is 6.54 Å². The molecule has 1 fully saturated rings. The van der Waals surface area contributed by atoms with Crippen LogP contribution in [0.25, 0.3) is 0 Å². The average molecular weight is 349 g/mol. The van der Waals surface area contributed by atoms with Gasteiger partial charge in [-0.05, 0) is 61.5 Å². The Labute approximate surface area is 145 Å². The van der Waals surface area contributed by atoms with Gasteiger partial charge in [-0.2, -0.15) is 13.2 Å². The van der Waals surface area contributed by atoms with Gasteiger partial charge in [-0.25, -0.2) is 0 Å². The summed E-state index contributed by atoms with van der Waals surface area (Å²) >= 11 is 0. The van der Waals surface area contributed by atoms with E-state index in [0.29, 0.717) is 5.75 Å². The van der Waals surface area contributed by atoms with E-state index in [2.05, 4.69) is 4.90 Å². The number of piperidine rings is 1. The fourth-order valence-electron chi connectivity index (χ4n) is 3.46. The van der Waals surface area contributed by atoms with E-state index < -0.39 is 11.7 Å². The maximum absolute atomic E-state index is 12.9. The third-order valence-corrected chi connectivity index (χ3v) is 4.96. The smallest absolute Gasteiger partial charge is 0.416 e. The number of hydrogen-bond donors (Lipinski definition) is 1. The first-order chi connectivity index (χ1) is 11.9. The highest BCUT2D eigenvalue weighted by atomic mass is 19.4. The monoisotopic (exact) mass is 349 g/mol. The predicted molar refractivity (Wildman–Crippen MR) is 91.7 cm³/mol. The van der Waals surface area contributed by atoms with Crippen LogP contribution in [-0.4, -0.2) is 29.6 Å². The number of alkyl halides is 3. The zero-order valence-corrected chi connectivity index (χ0v) is 14.0. The van der Waals surface area contributed by atoms with E-state index in [-0.39, 0.29) is 5.92 Å². The fraction of sp³-hybridized carbons (Fsp3) is 0.400. The predicted octanol–water partition coefficient (Wildman–Crippen LogP) is 4.83. The van der Waals surface area contributed by atoms with Gasteiger partial charge in [0.15, 0.2) is 0 Å². The first-order valence-corrected chi connectivity index (χ1v) is 8.60. The third-order valence-electron chi connectivity index (χ3n) is 4.96. The molecular formula is C20H22F3NO. The van der Waals surface area contributed by atoms with Crippen LogP contribution >= 0.6 is 0 Å². The van der Waals surface area contributed by atoms with E-state index in [0.717, 1.165) is 56.1 Å². The molecule has 0 unspecified atom stereocenters. The van der Waals surface area contributed by atoms with Crippen LogP contribution < -0.4 is 0 Å². The summed E-state index contributed by atoms with van der Waals surface area (Å²) in [5.41, 5.74) is 1.16. The molecule has 0 saturated carbocycles. The van der Waals surface area contributed by atoms with Crippen LogP contribution in [0.3, 0.4) is 0 Å². The van der Waals surface area contributed by atoms with E-state index in [4.69, 9.17) is 0 Å². The second-order valence-corrected chi connectivity index (χ2v) is 6.62. The van der Waals surface area contributed by atoms with Crippen LogP contribution in [0.5, 0.6) is 5.75 Å². The number of likely N-dealkylation sites (tertiary alicyclic amines) is 1. The molecule has 2 nitrogen and oxygen atoms in total. The van der Waals surface area contributed by atoms with Crippen molar-refractivity contribution >= 4 is 0 Å². The molecule has 0 aliphatic carbocycles. The molecule has 0 atom stereocenters. The number of rotatable bonds is 4.